The predicted molar refractivity (Wildman–Crippen MR) is 166 cm³/mol. The third-order valence-electron chi connectivity index (χ3n) is 7.22. The van der Waals surface area contributed by atoms with E-state index in [-0.39, 0.29) is 0 Å². The standard InChI is InChI=1S/C37H26OS/c1-4-13-26(14-5-1)31-24-23-29(25-28-17-12-22-34-35(28)32-20-10-11-21-33(32)39-34)37(38-30-18-8-3-9-19-30)36(31)27-15-6-2-7-16-27/h1-24H,25H2. The Bertz CT molecular complexity index is 1890. The Morgan fingerprint density at radius 3 is 1.90 bits per heavy atom. The predicted octanol–water partition coefficient (Wildman–Crippen LogP) is 10.8. The lowest BCUT2D eigenvalue weighted by atomic mass is 9.89. The summed E-state index contributed by atoms with van der Waals surface area (Å²) in [5.74, 6) is 1.74. The van der Waals surface area contributed by atoms with Gasteiger partial charge >= 0.3 is 0 Å². The zero-order chi connectivity index (χ0) is 26.0. The van der Waals surface area contributed by atoms with Crippen molar-refractivity contribution in [3.63, 3.8) is 0 Å². The smallest absolute Gasteiger partial charge is 0.139 e. The van der Waals surface area contributed by atoms with Gasteiger partial charge in [-0.25, -0.2) is 0 Å². The van der Waals surface area contributed by atoms with Gasteiger partial charge in [0.2, 0.25) is 0 Å². The molecule has 0 aliphatic carbocycles. The van der Waals surface area contributed by atoms with Gasteiger partial charge in [-0.3, -0.25) is 0 Å². The van der Waals surface area contributed by atoms with Crippen molar-refractivity contribution in [1.82, 2.24) is 0 Å². The molecule has 0 bridgehead atoms. The second-order valence-electron chi connectivity index (χ2n) is 9.69. The maximum absolute atomic E-state index is 6.81. The van der Waals surface area contributed by atoms with E-state index in [1.54, 1.807) is 0 Å². The molecule has 7 aromatic rings. The second-order valence-corrected chi connectivity index (χ2v) is 10.8. The monoisotopic (exact) mass is 518 g/mol. The highest BCUT2D eigenvalue weighted by atomic mass is 32.1. The maximum atomic E-state index is 6.81. The molecule has 0 amide bonds. The molecule has 0 radical (unpaired) electrons. The van der Waals surface area contributed by atoms with E-state index in [1.165, 1.54) is 36.9 Å². The number of ether oxygens (including phenoxy) is 1. The van der Waals surface area contributed by atoms with Crippen molar-refractivity contribution in [3.05, 3.63) is 157 Å². The highest BCUT2D eigenvalue weighted by Crippen LogP contribution is 2.45. The van der Waals surface area contributed by atoms with E-state index in [2.05, 4.69) is 115 Å². The normalized spacial score (nSPS) is 11.2. The van der Waals surface area contributed by atoms with Crippen LogP contribution in [0.4, 0.5) is 0 Å². The van der Waals surface area contributed by atoms with Crippen LogP contribution in [0.2, 0.25) is 0 Å². The summed E-state index contributed by atoms with van der Waals surface area (Å²) in [6.45, 7) is 0. The van der Waals surface area contributed by atoms with Crippen molar-refractivity contribution < 1.29 is 4.74 Å². The SMILES string of the molecule is c1ccc(Oc2c(Cc3cccc4sc5ccccc5c34)ccc(-c3ccccc3)c2-c2ccccc2)cc1. The molecule has 1 heterocycles. The number of rotatable bonds is 6. The lowest BCUT2D eigenvalue weighted by molar-refractivity contribution is 0.479. The summed E-state index contributed by atoms with van der Waals surface area (Å²) < 4.78 is 9.46. The van der Waals surface area contributed by atoms with E-state index in [9.17, 15) is 0 Å². The molecule has 7 rings (SSSR count). The van der Waals surface area contributed by atoms with Crippen LogP contribution in [0.15, 0.2) is 146 Å². The highest BCUT2D eigenvalue weighted by Gasteiger charge is 2.20. The van der Waals surface area contributed by atoms with Gasteiger partial charge in [0, 0.05) is 32.2 Å². The molecular formula is C37H26OS. The van der Waals surface area contributed by atoms with Crippen LogP contribution in [-0.2, 0) is 6.42 Å². The third kappa shape index (κ3) is 4.50. The summed E-state index contributed by atoms with van der Waals surface area (Å²) in [6, 6.07) is 51.3. The molecule has 0 saturated heterocycles. The van der Waals surface area contributed by atoms with Gasteiger partial charge in [-0.1, -0.05) is 121 Å². The number of benzene rings is 6. The molecule has 0 atom stereocenters. The van der Waals surface area contributed by atoms with E-state index >= 15 is 0 Å². The Balaban J connectivity index is 1.47. The minimum atomic E-state index is 0.773. The molecule has 2 heteroatoms. The van der Waals surface area contributed by atoms with Crippen LogP contribution in [0.5, 0.6) is 11.5 Å². The molecule has 1 nitrogen and oxygen atoms in total. The van der Waals surface area contributed by atoms with E-state index in [4.69, 9.17) is 4.74 Å². The first kappa shape index (κ1) is 23.5. The number of thiophene rings is 1. The molecule has 0 fully saturated rings. The molecule has 0 N–H and O–H groups in total. The summed E-state index contributed by atoms with van der Waals surface area (Å²) >= 11 is 1.86. The van der Waals surface area contributed by atoms with Crippen LogP contribution in [0.1, 0.15) is 11.1 Å². The van der Waals surface area contributed by atoms with Crippen LogP contribution >= 0.6 is 11.3 Å². The Kier molecular flexibility index (Phi) is 6.16. The van der Waals surface area contributed by atoms with Crippen molar-refractivity contribution in [3.8, 4) is 33.8 Å². The van der Waals surface area contributed by atoms with Crippen LogP contribution in [0, 0.1) is 0 Å². The topological polar surface area (TPSA) is 9.23 Å². The molecule has 39 heavy (non-hydrogen) atoms. The van der Waals surface area contributed by atoms with Crippen LogP contribution in [0.25, 0.3) is 42.4 Å². The second kappa shape index (κ2) is 10.2. The van der Waals surface area contributed by atoms with Crippen molar-refractivity contribution in [1.29, 1.82) is 0 Å². The quantitative estimate of drug-likeness (QED) is 0.213. The molecule has 0 aliphatic heterocycles. The fourth-order valence-corrected chi connectivity index (χ4v) is 6.59. The number of hydrogen-bond donors (Lipinski definition) is 0. The van der Waals surface area contributed by atoms with Crippen LogP contribution < -0.4 is 4.74 Å². The number of hydrogen-bond acceptors (Lipinski definition) is 2. The van der Waals surface area contributed by atoms with E-state index < -0.39 is 0 Å². The Hall–Kier alpha value is -4.66. The van der Waals surface area contributed by atoms with Gasteiger partial charge in [0.05, 0.1) is 0 Å². The third-order valence-corrected chi connectivity index (χ3v) is 8.36. The van der Waals surface area contributed by atoms with Gasteiger partial charge in [0.1, 0.15) is 11.5 Å². The Labute approximate surface area is 232 Å². The molecule has 186 valence electrons. The van der Waals surface area contributed by atoms with Gasteiger partial charge < -0.3 is 4.74 Å². The van der Waals surface area contributed by atoms with Gasteiger partial charge in [-0.2, -0.15) is 0 Å². The minimum absolute atomic E-state index is 0.773. The minimum Gasteiger partial charge on any atom is -0.456 e. The maximum Gasteiger partial charge on any atom is 0.139 e. The first-order valence-electron chi connectivity index (χ1n) is 13.2. The van der Waals surface area contributed by atoms with Crippen LogP contribution in [-0.4, -0.2) is 0 Å². The lowest BCUT2D eigenvalue weighted by Crippen LogP contribution is -1.99. The lowest BCUT2D eigenvalue weighted by Gasteiger charge is -2.20. The fraction of sp³-hybridized carbons (Fsp3) is 0.0270. The zero-order valence-electron chi connectivity index (χ0n) is 21.4. The van der Waals surface area contributed by atoms with Crippen molar-refractivity contribution >= 4 is 31.5 Å². The van der Waals surface area contributed by atoms with Gasteiger partial charge in [-0.05, 0) is 52.1 Å². The first-order valence-corrected chi connectivity index (χ1v) is 14.1. The fourth-order valence-electron chi connectivity index (χ4n) is 5.44. The van der Waals surface area contributed by atoms with E-state index in [0.29, 0.717) is 0 Å². The average molecular weight is 519 g/mol. The average Bonchev–Trinajstić information content (AvgIpc) is 3.39. The Morgan fingerprint density at radius 2 is 1.13 bits per heavy atom. The molecular weight excluding hydrogens is 492 g/mol. The van der Waals surface area contributed by atoms with Gasteiger partial charge in [0.25, 0.3) is 0 Å². The number of fused-ring (bicyclic) bond motifs is 3. The highest BCUT2D eigenvalue weighted by molar-refractivity contribution is 7.25. The zero-order valence-corrected chi connectivity index (χ0v) is 22.2. The summed E-state index contributed by atoms with van der Waals surface area (Å²) in [5.41, 5.74) is 7.07. The summed E-state index contributed by atoms with van der Waals surface area (Å²) in [5, 5.41) is 2.67. The summed E-state index contributed by atoms with van der Waals surface area (Å²) in [7, 11) is 0. The molecule has 0 saturated carbocycles. The van der Waals surface area contributed by atoms with Crippen molar-refractivity contribution in [2.24, 2.45) is 0 Å². The molecule has 0 aliphatic rings. The van der Waals surface area contributed by atoms with Gasteiger partial charge in [0.15, 0.2) is 0 Å². The van der Waals surface area contributed by atoms with Crippen molar-refractivity contribution in [2.75, 3.05) is 0 Å². The molecule has 0 unspecified atom stereocenters. The van der Waals surface area contributed by atoms with Crippen LogP contribution in [0.3, 0.4) is 0 Å². The van der Waals surface area contributed by atoms with Crippen molar-refractivity contribution in [2.45, 2.75) is 6.42 Å². The summed E-state index contributed by atoms with van der Waals surface area (Å²) in [4.78, 5) is 0. The molecule has 1 aromatic heterocycles. The largest absolute Gasteiger partial charge is 0.456 e. The molecule has 0 spiro atoms. The Morgan fingerprint density at radius 1 is 0.487 bits per heavy atom. The van der Waals surface area contributed by atoms with E-state index in [1.807, 2.05) is 41.7 Å². The molecule has 6 aromatic carbocycles. The van der Waals surface area contributed by atoms with E-state index in [0.717, 1.165) is 34.6 Å². The first-order chi connectivity index (χ1) is 19.3. The van der Waals surface area contributed by atoms with Gasteiger partial charge in [-0.15, -0.1) is 11.3 Å². The summed E-state index contributed by atoms with van der Waals surface area (Å²) in [6.07, 6.45) is 0.773. The number of para-hydroxylation sites is 1.